The van der Waals surface area contributed by atoms with Crippen LogP contribution in [0.4, 0.5) is 0 Å². The van der Waals surface area contributed by atoms with Crippen LogP contribution < -0.4 is 0 Å². The normalized spacial score (nSPS) is 19.1. The zero-order valence-corrected chi connectivity index (χ0v) is 12.2. The molecule has 0 N–H and O–H groups in total. The molecule has 0 spiro atoms. The average molecular weight is 276 g/mol. The van der Waals surface area contributed by atoms with Gasteiger partial charge in [0.1, 0.15) is 0 Å². The molecule has 1 heteroatoms. The smallest absolute Gasteiger partial charge is 0.193 e. The highest BCUT2D eigenvalue weighted by Gasteiger charge is 2.35. The molecule has 0 unspecified atom stereocenters. The minimum Gasteiger partial charge on any atom is -0.289 e. The van der Waals surface area contributed by atoms with E-state index in [1.807, 2.05) is 24.3 Å². The molecule has 0 heterocycles. The van der Waals surface area contributed by atoms with E-state index in [1.54, 1.807) is 0 Å². The molecular weight excluding hydrogens is 256 g/mol. The molecule has 1 fully saturated rings. The number of hydrogen-bond donors (Lipinski definition) is 0. The van der Waals surface area contributed by atoms with Crippen LogP contribution in [0.1, 0.15) is 65.1 Å². The van der Waals surface area contributed by atoms with Crippen LogP contribution in [-0.2, 0) is 0 Å². The van der Waals surface area contributed by atoms with Gasteiger partial charge in [-0.2, -0.15) is 0 Å². The van der Waals surface area contributed by atoms with Gasteiger partial charge in [0.05, 0.1) is 0 Å². The van der Waals surface area contributed by atoms with Crippen molar-refractivity contribution in [1.29, 1.82) is 0 Å². The molecule has 0 aliphatic heterocycles. The highest BCUT2D eigenvalue weighted by Crippen LogP contribution is 2.45. The minimum absolute atomic E-state index is 0.202. The molecule has 0 atom stereocenters. The van der Waals surface area contributed by atoms with Crippen LogP contribution >= 0.6 is 0 Å². The summed E-state index contributed by atoms with van der Waals surface area (Å²) in [4.78, 5) is 12.7. The Hall–Kier alpha value is -1.89. The van der Waals surface area contributed by atoms with E-state index in [1.165, 1.54) is 43.2 Å². The largest absolute Gasteiger partial charge is 0.289 e. The monoisotopic (exact) mass is 276 g/mol. The van der Waals surface area contributed by atoms with Crippen molar-refractivity contribution in [3.8, 4) is 0 Å². The van der Waals surface area contributed by atoms with E-state index in [4.69, 9.17) is 0 Å². The van der Waals surface area contributed by atoms with E-state index in [0.29, 0.717) is 11.8 Å². The number of carbonyl (C=O) groups excluding carboxylic acids is 1. The van der Waals surface area contributed by atoms with Crippen LogP contribution in [0, 0.1) is 5.92 Å². The summed E-state index contributed by atoms with van der Waals surface area (Å²) < 4.78 is 0. The third-order valence-corrected chi connectivity index (χ3v) is 5.20. The number of ketones is 1. The lowest BCUT2D eigenvalue weighted by Crippen LogP contribution is -2.26. The standard InChI is InChI=1S/C20H20O/c21-20-17-12-6-4-10-15(17)19(14-8-2-1-3-9-14)16-11-5-7-13-18(16)20/h4-7,10-14,19H,1-3,8-9H2. The molecule has 4 rings (SSSR count). The third-order valence-electron chi connectivity index (χ3n) is 5.20. The first-order valence-corrected chi connectivity index (χ1v) is 8.09. The van der Waals surface area contributed by atoms with E-state index in [-0.39, 0.29) is 5.78 Å². The number of hydrogen-bond acceptors (Lipinski definition) is 1. The zero-order chi connectivity index (χ0) is 14.2. The van der Waals surface area contributed by atoms with Gasteiger partial charge in [0.15, 0.2) is 5.78 Å². The maximum Gasteiger partial charge on any atom is 0.193 e. The fraction of sp³-hybridized carbons (Fsp3) is 0.350. The second-order valence-corrected chi connectivity index (χ2v) is 6.38. The molecule has 21 heavy (non-hydrogen) atoms. The Kier molecular flexibility index (Phi) is 3.14. The molecule has 0 amide bonds. The minimum atomic E-state index is 0.202. The third kappa shape index (κ3) is 2.03. The predicted octanol–water partition coefficient (Wildman–Crippen LogP) is 4.94. The molecule has 1 nitrogen and oxygen atoms in total. The van der Waals surface area contributed by atoms with Gasteiger partial charge in [0.2, 0.25) is 0 Å². The summed E-state index contributed by atoms with van der Waals surface area (Å²) in [5, 5.41) is 0. The van der Waals surface area contributed by atoms with Gasteiger partial charge in [-0.3, -0.25) is 4.79 Å². The first-order valence-electron chi connectivity index (χ1n) is 8.09. The fourth-order valence-electron chi connectivity index (χ4n) is 4.24. The van der Waals surface area contributed by atoms with Gasteiger partial charge < -0.3 is 0 Å². The Labute approximate surface area is 126 Å². The molecule has 0 radical (unpaired) electrons. The lowest BCUT2D eigenvalue weighted by atomic mass is 9.68. The van der Waals surface area contributed by atoms with Crippen LogP contribution in [0.5, 0.6) is 0 Å². The predicted molar refractivity (Wildman–Crippen MR) is 84.7 cm³/mol. The lowest BCUT2D eigenvalue weighted by Gasteiger charge is -2.35. The molecule has 0 saturated heterocycles. The van der Waals surface area contributed by atoms with Gasteiger partial charge in [-0.25, -0.2) is 0 Å². The van der Waals surface area contributed by atoms with Crippen molar-refractivity contribution >= 4 is 5.78 Å². The molecule has 0 bridgehead atoms. The van der Waals surface area contributed by atoms with E-state index >= 15 is 0 Å². The number of carbonyl (C=O) groups is 1. The summed E-state index contributed by atoms with van der Waals surface area (Å²) in [6.45, 7) is 0. The topological polar surface area (TPSA) is 17.1 Å². The van der Waals surface area contributed by atoms with Crippen LogP contribution in [0.25, 0.3) is 0 Å². The maximum atomic E-state index is 12.7. The Balaban J connectivity index is 1.89. The molecule has 0 aromatic heterocycles. The Morgan fingerprint density at radius 2 is 1.24 bits per heavy atom. The van der Waals surface area contributed by atoms with Crippen molar-refractivity contribution in [2.45, 2.75) is 38.0 Å². The SMILES string of the molecule is O=C1c2ccccc2C(C2CCCCC2)c2ccccc21. The molecule has 106 valence electrons. The lowest BCUT2D eigenvalue weighted by molar-refractivity contribution is 0.103. The van der Waals surface area contributed by atoms with Crippen molar-refractivity contribution in [3.05, 3.63) is 70.8 Å². The van der Waals surface area contributed by atoms with Gasteiger partial charge in [0, 0.05) is 17.0 Å². The van der Waals surface area contributed by atoms with Gasteiger partial charge >= 0.3 is 0 Å². The molecule has 2 aromatic carbocycles. The summed E-state index contributed by atoms with van der Waals surface area (Å²) in [6.07, 6.45) is 6.62. The number of fused-ring (bicyclic) bond motifs is 2. The Morgan fingerprint density at radius 3 is 1.81 bits per heavy atom. The maximum absolute atomic E-state index is 12.7. The first-order chi connectivity index (χ1) is 10.4. The Morgan fingerprint density at radius 1 is 0.714 bits per heavy atom. The van der Waals surface area contributed by atoms with E-state index < -0.39 is 0 Å². The summed E-state index contributed by atoms with van der Waals surface area (Å²) in [5.74, 6) is 1.30. The van der Waals surface area contributed by atoms with Crippen molar-refractivity contribution in [2.75, 3.05) is 0 Å². The van der Waals surface area contributed by atoms with Crippen LogP contribution in [0.3, 0.4) is 0 Å². The average Bonchev–Trinajstić information content (AvgIpc) is 2.56. The summed E-state index contributed by atoms with van der Waals surface area (Å²) in [7, 11) is 0. The molecular formula is C20H20O. The second-order valence-electron chi connectivity index (χ2n) is 6.38. The van der Waals surface area contributed by atoms with E-state index in [2.05, 4.69) is 24.3 Å². The summed E-state index contributed by atoms with van der Waals surface area (Å²) in [6, 6.07) is 16.5. The number of benzene rings is 2. The fourth-order valence-corrected chi connectivity index (χ4v) is 4.24. The van der Waals surface area contributed by atoms with Crippen molar-refractivity contribution in [2.24, 2.45) is 5.92 Å². The Bertz CT molecular complexity index is 630. The van der Waals surface area contributed by atoms with Crippen LogP contribution in [0.2, 0.25) is 0 Å². The first kappa shape index (κ1) is 12.8. The van der Waals surface area contributed by atoms with E-state index in [0.717, 1.165) is 11.1 Å². The van der Waals surface area contributed by atoms with Crippen molar-refractivity contribution in [3.63, 3.8) is 0 Å². The molecule has 2 aromatic rings. The quantitative estimate of drug-likeness (QED) is 0.720. The van der Waals surface area contributed by atoms with Gasteiger partial charge in [0.25, 0.3) is 0 Å². The summed E-state index contributed by atoms with van der Waals surface area (Å²) >= 11 is 0. The molecule has 1 saturated carbocycles. The summed E-state index contributed by atoms with van der Waals surface area (Å²) in [5.41, 5.74) is 4.36. The zero-order valence-electron chi connectivity index (χ0n) is 12.2. The van der Waals surface area contributed by atoms with Gasteiger partial charge in [-0.05, 0) is 29.9 Å². The highest BCUT2D eigenvalue weighted by molar-refractivity contribution is 6.12. The second kappa shape index (κ2) is 5.14. The van der Waals surface area contributed by atoms with Gasteiger partial charge in [-0.15, -0.1) is 0 Å². The molecule has 2 aliphatic carbocycles. The van der Waals surface area contributed by atoms with Gasteiger partial charge in [-0.1, -0.05) is 67.8 Å². The molecule has 2 aliphatic rings. The van der Waals surface area contributed by atoms with Crippen molar-refractivity contribution < 1.29 is 4.79 Å². The van der Waals surface area contributed by atoms with Crippen LogP contribution in [-0.4, -0.2) is 5.78 Å². The van der Waals surface area contributed by atoms with Crippen molar-refractivity contribution in [1.82, 2.24) is 0 Å². The van der Waals surface area contributed by atoms with Crippen LogP contribution in [0.15, 0.2) is 48.5 Å². The number of rotatable bonds is 1. The van der Waals surface area contributed by atoms with E-state index in [9.17, 15) is 4.79 Å². The highest BCUT2D eigenvalue weighted by atomic mass is 16.1.